The predicted molar refractivity (Wildman–Crippen MR) is 123 cm³/mol. The van der Waals surface area contributed by atoms with E-state index in [2.05, 4.69) is 76.8 Å². The van der Waals surface area contributed by atoms with E-state index in [-0.39, 0.29) is 17.6 Å². The number of aromatic amines is 1. The molecule has 31 heavy (non-hydrogen) atoms. The number of aromatic nitrogens is 3. The van der Waals surface area contributed by atoms with Gasteiger partial charge in [0, 0.05) is 29.7 Å². The van der Waals surface area contributed by atoms with Gasteiger partial charge in [-0.05, 0) is 55.2 Å². The normalized spacial score (nSPS) is 20.4. The van der Waals surface area contributed by atoms with Crippen LogP contribution in [0.3, 0.4) is 0 Å². The molecule has 2 heterocycles. The zero-order valence-corrected chi connectivity index (χ0v) is 18.4. The smallest absolute Gasteiger partial charge is 0.224 e. The highest BCUT2D eigenvalue weighted by atomic mass is 16.3. The summed E-state index contributed by atoms with van der Waals surface area (Å²) < 4.78 is 0. The van der Waals surface area contributed by atoms with Crippen molar-refractivity contribution >= 4 is 22.7 Å². The summed E-state index contributed by atoms with van der Waals surface area (Å²) in [5.74, 6) is 1.06. The zero-order valence-electron chi connectivity index (χ0n) is 18.4. The van der Waals surface area contributed by atoms with Gasteiger partial charge in [-0.25, -0.2) is 4.98 Å². The van der Waals surface area contributed by atoms with Crippen molar-refractivity contribution in [1.29, 1.82) is 5.26 Å². The molecule has 0 aliphatic heterocycles. The highest BCUT2D eigenvalue weighted by Crippen LogP contribution is 2.37. The van der Waals surface area contributed by atoms with E-state index in [1.807, 2.05) is 0 Å². The molecule has 7 nitrogen and oxygen atoms in total. The number of hydrogen-bond donors (Lipinski definition) is 4. The molecule has 3 aromatic rings. The van der Waals surface area contributed by atoms with Crippen LogP contribution < -0.4 is 10.6 Å². The lowest BCUT2D eigenvalue weighted by atomic mass is 9.73. The number of hydrogen-bond acceptors (Lipinski definition) is 6. The van der Waals surface area contributed by atoms with E-state index in [9.17, 15) is 10.4 Å². The van der Waals surface area contributed by atoms with Crippen LogP contribution in [0.25, 0.3) is 10.9 Å². The Morgan fingerprint density at radius 2 is 2.16 bits per heavy atom. The topological polar surface area (TPSA) is 110 Å². The molecule has 1 aliphatic rings. The van der Waals surface area contributed by atoms with Crippen LogP contribution in [0.5, 0.6) is 0 Å². The Kier molecular flexibility index (Phi) is 5.84. The predicted octanol–water partition coefficient (Wildman–Crippen LogP) is 4.14. The van der Waals surface area contributed by atoms with Gasteiger partial charge in [0.05, 0.1) is 12.3 Å². The summed E-state index contributed by atoms with van der Waals surface area (Å²) in [5.41, 5.74) is 3.91. The Labute approximate surface area is 182 Å². The van der Waals surface area contributed by atoms with Gasteiger partial charge >= 0.3 is 0 Å². The third kappa shape index (κ3) is 4.64. The molecule has 1 fully saturated rings. The molecule has 0 amide bonds. The molecule has 2 atom stereocenters. The number of aliphatic hydroxyl groups excluding tert-OH is 1. The maximum absolute atomic E-state index is 10.2. The van der Waals surface area contributed by atoms with E-state index in [4.69, 9.17) is 0 Å². The second kappa shape index (κ2) is 8.56. The van der Waals surface area contributed by atoms with Crippen molar-refractivity contribution in [3.63, 3.8) is 0 Å². The van der Waals surface area contributed by atoms with Crippen LogP contribution in [0.2, 0.25) is 0 Å². The Morgan fingerprint density at radius 3 is 2.94 bits per heavy atom. The maximum Gasteiger partial charge on any atom is 0.224 e. The molecule has 0 radical (unpaired) electrons. The number of anilines is 2. The van der Waals surface area contributed by atoms with Crippen molar-refractivity contribution in [2.75, 3.05) is 17.2 Å². The molecule has 0 unspecified atom stereocenters. The summed E-state index contributed by atoms with van der Waals surface area (Å²) in [6, 6.07) is 8.78. The van der Waals surface area contributed by atoms with Gasteiger partial charge < -0.3 is 20.7 Å². The molecule has 1 aromatic carbocycles. The Hall–Kier alpha value is -3.11. The van der Waals surface area contributed by atoms with E-state index in [1.54, 1.807) is 6.20 Å². The summed E-state index contributed by atoms with van der Waals surface area (Å²) in [7, 11) is 0. The fourth-order valence-corrected chi connectivity index (χ4v) is 4.41. The van der Waals surface area contributed by atoms with Gasteiger partial charge in [-0.15, -0.1) is 0 Å². The average Bonchev–Trinajstić information content (AvgIpc) is 3.13. The highest BCUT2D eigenvalue weighted by Gasteiger charge is 2.35. The Morgan fingerprint density at radius 1 is 1.32 bits per heavy atom. The number of nitriles is 1. The van der Waals surface area contributed by atoms with Crippen molar-refractivity contribution in [1.82, 2.24) is 15.0 Å². The third-order valence-electron chi connectivity index (χ3n) is 6.31. The first-order valence-electron chi connectivity index (χ1n) is 10.9. The van der Waals surface area contributed by atoms with Gasteiger partial charge in [-0.2, -0.15) is 10.2 Å². The number of nitrogens with one attached hydrogen (secondary N) is 3. The first kappa shape index (κ1) is 21.1. The first-order chi connectivity index (χ1) is 14.9. The summed E-state index contributed by atoms with van der Waals surface area (Å²) in [6.45, 7) is 6.94. The average molecular weight is 419 g/mol. The molecule has 4 rings (SSSR count). The largest absolute Gasteiger partial charge is 0.393 e. The summed E-state index contributed by atoms with van der Waals surface area (Å²) in [5, 5.41) is 27.6. The van der Waals surface area contributed by atoms with Crippen LogP contribution in [0, 0.1) is 23.7 Å². The molecular weight excluding hydrogens is 388 g/mol. The minimum atomic E-state index is -0.294. The van der Waals surface area contributed by atoms with Crippen molar-refractivity contribution in [3.8, 4) is 6.07 Å². The number of H-pyrrole nitrogens is 1. The van der Waals surface area contributed by atoms with Gasteiger partial charge in [0.25, 0.3) is 0 Å². The zero-order chi connectivity index (χ0) is 22.0. The van der Waals surface area contributed by atoms with Crippen LogP contribution in [-0.4, -0.2) is 38.7 Å². The van der Waals surface area contributed by atoms with Crippen LogP contribution in [-0.2, 0) is 6.42 Å². The first-order valence-corrected chi connectivity index (χ1v) is 10.9. The lowest BCUT2D eigenvalue weighted by molar-refractivity contribution is 0.00926. The number of benzene rings is 1. The number of fused-ring (bicyclic) bond motifs is 1. The summed E-state index contributed by atoms with van der Waals surface area (Å²) in [4.78, 5) is 12.2. The molecule has 1 aliphatic carbocycles. The Bertz CT molecular complexity index is 1110. The molecule has 7 heteroatoms. The van der Waals surface area contributed by atoms with Gasteiger partial charge in [0.2, 0.25) is 5.95 Å². The van der Waals surface area contributed by atoms with Crippen molar-refractivity contribution in [2.45, 2.75) is 58.6 Å². The number of aryl methyl sites for hydroxylation is 1. The monoisotopic (exact) mass is 418 g/mol. The molecule has 2 aromatic heterocycles. The fourth-order valence-electron chi connectivity index (χ4n) is 4.41. The van der Waals surface area contributed by atoms with E-state index in [0.29, 0.717) is 23.9 Å². The molecule has 0 saturated heterocycles. The molecular formula is C24H30N6O. The van der Waals surface area contributed by atoms with Gasteiger partial charge in [-0.1, -0.05) is 26.0 Å². The second-order valence-electron chi connectivity index (χ2n) is 9.23. The minimum Gasteiger partial charge on any atom is -0.393 e. The fraction of sp³-hybridized carbons (Fsp3) is 0.458. The van der Waals surface area contributed by atoms with Crippen molar-refractivity contribution in [2.24, 2.45) is 5.41 Å². The maximum atomic E-state index is 10.2. The lowest BCUT2D eigenvalue weighted by Gasteiger charge is -2.40. The van der Waals surface area contributed by atoms with Crippen LogP contribution in [0.15, 0.2) is 30.6 Å². The Balaban J connectivity index is 1.42. The van der Waals surface area contributed by atoms with Crippen LogP contribution in [0.4, 0.5) is 11.8 Å². The van der Waals surface area contributed by atoms with Crippen molar-refractivity contribution in [3.05, 3.63) is 47.3 Å². The molecule has 1 saturated carbocycles. The van der Waals surface area contributed by atoms with Gasteiger partial charge in [-0.3, -0.25) is 0 Å². The number of aliphatic hydroxyl groups is 1. The quantitative estimate of drug-likeness (QED) is 0.479. The SMILES string of the molecule is Cc1ccc2c(CCNc3ncc(C#N)c(N[C@@H]4CC[C@H](O)C(C)(C)C4)n3)c[nH]c2c1. The van der Waals surface area contributed by atoms with Crippen LogP contribution in [0.1, 0.15) is 49.8 Å². The number of rotatable bonds is 6. The van der Waals surface area contributed by atoms with E-state index in [1.165, 1.54) is 16.5 Å². The third-order valence-corrected chi connectivity index (χ3v) is 6.31. The van der Waals surface area contributed by atoms with E-state index < -0.39 is 0 Å². The second-order valence-corrected chi connectivity index (χ2v) is 9.23. The molecule has 162 valence electrons. The molecule has 0 bridgehead atoms. The molecule has 4 N–H and O–H groups in total. The minimum absolute atomic E-state index is 0.158. The standard InChI is InChI=1S/C24H30N6O/c1-15-4-6-19-16(13-27-20(19)10-15)8-9-26-23-28-14-17(12-25)22(30-23)29-18-5-7-21(31)24(2,3)11-18/h4,6,10,13-14,18,21,27,31H,5,7-9,11H2,1-3H3,(H2,26,28,29,30)/t18-,21+/m1/s1. The van der Waals surface area contributed by atoms with E-state index in [0.717, 1.165) is 31.2 Å². The van der Waals surface area contributed by atoms with E-state index >= 15 is 0 Å². The summed E-state index contributed by atoms with van der Waals surface area (Å²) in [6.07, 6.45) is 6.58. The highest BCUT2D eigenvalue weighted by molar-refractivity contribution is 5.83. The van der Waals surface area contributed by atoms with Gasteiger partial charge in [0.15, 0.2) is 0 Å². The molecule has 0 spiro atoms. The van der Waals surface area contributed by atoms with Crippen LogP contribution >= 0.6 is 0 Å². The van der Waals surface area contributed by atoms with Crippen molar-refractivity contribution < 1.29 is 5.11 Å². The lowest BCUT2D eigenvalue weighted by Crippen LogP contribution is -2.41. The number of nitrogens with zero attached hydrogens (tertiary/aromatic N) is 3. The van der Waals surface area contributed by atoms with Gasteiger partial charge in [0.1, 0.15) is 17.5 Å². The summed E-state index contributed by atoms with van der Waals surface area (Å²) >= 11 is 0.